The summed E-state index contributed by atoms with van der Waals surface area (Å²) in [4.78, 5) is 0. The van der Waals surface area contributed by atoms with E-state index < -0.39 is 0 Å². The van der Waals surface area contributed by atoms with Crippen molar-refractivity contribution in [2.45, 2.75) is 52.3 Å². The summed E-state index contributed by atoms with van der Waals surface area (Å²) in [6.07, 6.45) is 0.576. The predicted octanol–water partition coefficient (Wildman–Crippen LogP) is 1.81. The quantitative estimate of drug-likeness (QED) is 0.597. The van der Waals surface area contributed by atoms with Crippen LogP contribution >= 0.6 is 0 Å². The van der Waals surface area contributed by atoms with E-state index in [1.54, 1.807) is 0 Å². The van der Waals surface area contributed by atoms with Crippen molar-refractivity contribution in [2.75, 3.05) is 6.61 Å². The Morgan fingerprint density at radius 3 is 2.36 bits per heavy atom. The molecule has 2 saturated heterocycles. The van der Waals surface area contributed by atoms with Gasteiger partial charge in [-0.2, -0.15) is 0 Å². The maximum atomic E-state index is 5.87. The van der Waals surface area contributed by atoms with E-state index in [1.165, 1.54) is 0 Å². The lowest BCUT2D eigenvalue weighted by molar-refractivity contribution is -0.298. The molecule has 2 heterocycles. The molecule has 6 atom stereocenters. The van der Waals surface area contributed by atoms with Crippen molar-refractivity contribution in [1.82, 2.24) is 0 Å². The smallest absolute Gasteiger partial charge is 0.155 e. The van der Waals surface area contributed by atoms with Crippen LogP contribution < -0.4 is 0 Å². The number of ether oxygens (including phenoxy) is 3. The molecule has 0 radical (unpaired) electrons. The van der Waals surface area contributed by atoms with E-state index in [9.17, 15) is 0 Å². The van der Waals surface area contributed by atoms with Gasteiger partial charge < -0.3 is 14.2 Å². The van der Waals surface area contributed by atoms with Gasteiger partial charge in [-0.25, -0.2) is 0 Å². The van der Waals surface area contributed by atoms with Crippen LogP contribution in [0.15, 0.2) is 0 Å². The first-order valence-electron chi connectivity index (χ1n) is 5.52. The van der Waals surface area contributed by atoms with Crippen LogP contribution in [-0.2, 0) is 14.2 Å². The average molecular weight is 200 g/mol. The van der Waals surface area contributed by atoms with Crippen molar-refractivity contribution in [1.29, 1.82) is 0 Å². The Hall–Kier alpha value is -0.120. The van der Waals surface area contributed by atoms with Crippen LogP contribution in [0.4, 0.5) is 0 Å². The van der Waals surface area contributed by atoms with Gasteiger partial charge in [-0.3, -0.25) is 0 Å². The van der Waals surface area contributed by atoms with E-state index in [4.69, 9.17) is 14.2 Å². The summed E-state index contributed by atoms with van der Waals surface area (Å²) in [5, 5.41) is 0. The van der Waals surface area contributed by atoms with E-state index in [2.05, 4.69) is 20.8 Å². The lowest BCUT2D eigenvalue weighted by Crippen LogP contribution is -2.55. The van der Waals surface area contributed by atoms with Gasteiger partial charge in [-0.15, -0.1) is 0 Å². The summed E-state index contributed by atoms with van der Waals surface area (Å²) >= 11 is 0. The van der Waals surface area contributed by atoms with Crippen LogP contribution in [0.3, 0.4) is 0 Å². The lowest BCUT2D eigenvalue weighted by Gasteiger charge is -2.47. The van der Waals surface area contributed by atoms with E-state index in [0.29, 0.717) is 24.5 Å². The maximum Gasteiger partial charge on any atom is 0.155 e. The van der Waals surface area contributed by atoms with Crippen molar-refractivity contribution in [3.8, 4) is 0 Å². The van der Waals surface area contributed by atoms with Crippen LogP contribution in [-0.4, -0.2) is 31.2 Å². The normalized spacial score (nSPS) is 54.0. The summed E-state index contributed by atoms with van der Waals surface area (Å²) in [6.45, 7) is 9.24. The maximum absolute atomic E-state index is 5.87. The molecule has 2 aliphatic heterocycles. The van der Waals surface area contributed by atoms with Gasteiger partial charge >= 0.3 is 0 Å². The first kappa shape index (κ1) is 10.4. The fraction of sp³-hybridized carbons (Fsp3) is 1.00. The number of rotatable bonds is 0. The molecule has 0 N–H and O–H groups in total. The van der Waals surface area contributed by atoms with Gasteiger partial charge in [0.05, 0.1) is 18.8 Å². The minimum Gasteiger partial charge on any atom is -0.370 e. The minimum absolute atomic E-state index is 0.0806. The van der Waals surface area contributed by atoms with E-state index in [-0.39, 0.29) is 18.5 Å². The summed E-state index contributed by atoms with van der Waals surface area (Å²) < 4.78 is 17.1. The molecule has 0 saturated carbocycles. The monoisotopic (exact) mass is 200 g/mol. The van der Waals surface area contributed by atoms with Crippen molar-refractivity contribution < 1.29 is 14.2 Å². The van der Waals surface area contributed by atoms with E-state index in [1.807, 2.05) is 6.92 Å². The van der Waals surface area contributed by atoms with Gasteiger partial charge in [0.2, 0.25) is 0 Å². The molecule has 0 aromatic carbocycles. The highest BCUT2D eigenvalue weighted by atomic mass is 16.7. The average Bonchev–Trinajstić information content (AvgIpc) is 2.16. The van der Waals surface area contributed by atoms with Crippen molar-refractivity contribution in [3.05, 3.63) is 0 Å². The van der Waals surface area contributed by atoms with Crippen molar-refractivity contribution in [3.63, 3.8) is 0 Å². The molecule has 3 unspecified atom stereocenters. The van der Waals surface area contributed by atoms with Gasteiger partial charge in [0.15, 0.2) is 6.29 Å². The highest BCUT2D eigenvalue weighted by molar-refractivity contribution is 4.89. The summed E-state index contributed by atoms with van der Waals surface area (Å²) in [7, 11) is 0. The third-order valence-corrected chi connectivity index (χ3v) is 3.69. The molecular formula is C11H20O3. The predicted molar refractivity (Wildman–Crippen MR) is 53.0 cm³/mol. The Morgan fingerprint density at radius 2 is 1.64 bits per heavy atom. The fourth-order valence-corrected chi connectivity index (χ4v) is 2.38. The molecule has 14 heavy (non-hydrogen) atoms. The molecule has 0 amide bonds. The molecule has 82 valence electrons. The molecule has 2 fully saturated rings. The molecule has 0 aromatic heterocycles. The molecule has 3 heteroatoms. The molecular weight excluding hydrogens is 180 g/mol. The van der Waals surface area contributed by atoms with Gasteiger partial charge in [0, 0.05) is 0 Å². The molecule has 2 aliphatic rings. The second-order valence-corrected chi connectivity index (χ2v) is 4.60. The standard InChI is InChI=1S/C11H20O3/c1-6-7(2)11-10(13-8(6)3)5-12-9(4)14-11/h6-11H,5H2,1-4H3/t6?,7-,8+,9?,10?,11+/m1/s1. The van der Waals surface area contributed by atoms with Crippen molar-refractivity contribution in [2.24, 2.45) is 11.8 Å². The third-order valence-electron chi connectivity index (χ3n) is 3.69. The molecule has 0 aromatic rings. The Labute approximate surface area is 85.7 Å². The topological polar surface area (TPSA) is 27.7 Å². The summed E-state index contributed by atoms with van der Waals surface area (Å²) in [5.74, 6) is 1.11. The van der Waals surface area contributed by atoms with Gasteiger partial charge in [-0.1, -0.05) is 13.8 Å². The molecule has 0 spiro atoms. The fourth-order valence-electron chi connectivity index (χ4n) is 2.38. The van der Waals surface area contributed by atoms with E-state index >= 15 is 0 Å². The number of hydrogen-bond donors (Lipinski definition) is 0. The van der Waals surface area contributed by atoms with Gasteiger partial charge in [0.1, 0.15) is 6.10 Å². The summed E-state index contributed by atoms with van der Waals surface area (Å²) in [6, 6.07) is 0. The zero-order chi connectivity index (χ0) is 10.3. The zero-order valence-corrected chi connectivity index (χ0v) is 9.40. The Bertz CT molecular complexity index is 205. The van der Waals surface area contributed by atoms with Crippen LogP contribution in [0.2, 0.25) is 0 Å². The molecule has 3 nitrogen and oxygen atoms in total. The minimum atomic E-state index is -0.0806. The zero-order valence-electron chi connectivity index (χ0n) is 9.40. The summed E-state index contributed by atoms with van der Waals surface area (Å²) in [5.41, 5.74) is 0. The molecule has 2 rings (SSSR count). The highest BCUT2D eigenvalue weighted by Crippen LogP contribution is 2.35. The molecule has 0 aliphatic carbocycles. The Kier molecular flexibility index (Phi) is 2.82. The van der Waals surface area contributed by atoms with Crippen LogP contribution in [0.5, 0.6) is 0 Å². The SMILES string of the molecule is CC1OCC2O[C@@H](C)C(C)[C@@H](C)[C@@H]2O1. The van der Waals surface area contributed by atoms with Crippen LogP contribution in [0.25, 0.3) is 0 Å². The van der Waals surface area contributed by atoms with Crippen LogP contribution in [0.1, 0.15) is 27.7 Å². The third kappa shape index (κ3) is 1.69. The lowest BCUT2D eigenvalue weighted by atomic mass is 9.81. The Balaban J connectivity index is 2.08. The highest BCUT2D eigenvalue weighted by Gasteiger charge is 2.43. The first-order valence-corrected chi connectivity index (χ1v) is 5.52. The van der Waals surface area contributed by atoms with Crippen LogP contribution in [0, 0.1) is 11.8 Å². The Morgan fingerprint density at radius 1 is 0.929 bits per heavy atom. The second kappa shape index (κ2) is 3.80. The second-order valence-electron chi connectivity index (χ2n) is 4.60. The van der Waals surface area contributed by atoms with Gasteiger partial charge in [0.25, 0.3) is 0 Å². The molecule has 0 bridgehead atoms. The largest absolute Gasteiger partial charge is 0.370 e. The first-order chi connectivity index (χ1) is 6.59. The number of fused-ring (bicyclic) bond motifs is 1. The number of hydrogen-bond acceptors (Lipinski definition) is 3. The van der Waals surface area contributed by atoms with Crippen molar-refractivity contribution >= 4 is 0 Å². The van der Waals surface area contributed by atoms with Gasteiger partial charge in [-0.05, 0) is 25.7 Å². The van der Waals surface area contributed by atoms with E-state index in [0.717, 1.165) is 0 Å².